The van der Waals surface area contributed by atoms with Crippen molar-refractivity contribution in [3.63, 3.8) is 0 Å². The number of amides is 4. The summed E-state index contributed by atoms with van der Waals surface area (Å²) in [5.41, 5.74) is 0.900. The van der Waals surface area contributed by atoms with E-state index < -0.39 is 0 Å². The highest BCUT2D eigenvalue weighted by Gasteiger charge is 2.39. The van der Waals surface area contributed by atoms with Gasteiger partial charge in [-0.15, -0.1) is 0 Å². The first kappa shape index (κ1) is 23.8. The van der Waals surface area contributed by atoms with Gasteiger partial charge in [0, 0.05) is 32.9 Å². The van der Waals surface area contributed by atoms with Gasteiger partial charge in [0.25, 0.3) is 5.91 Å². The standard InChI is InChI=1S/C22H32N4O6/c1-4-23-22(29)25-14-5-8-18-16(11-14)21(28)26(2)17-7-6-15(32-19(17)13-31-18)12-20(27)24-9-10-30-3/h5,8,11,15,17,19H,4,6-7,9-10,12-13H2,1-3H3,(H,24,27)(H2,23,25,29)/t15-,17+,19-/m1/s1. The highest BCUT2D eigenvalue weighted by Crippen LogP contribution is 2.32. The van der Waals surface area contributed by atoms with E-state index in [0.29, 0.717) is 49.5 Å². The van der Waals surface area contributed by atoms with Crippen molar-refractivity contribution in [3.05, 3.63) is 23.8 Å². The quantitative estimate of drug-likeness (QED) is 0.542. The minimum absolute atomic E-state index is 0.0841. The lowest BCUT2D eigenvalue weighted by atomic mass is 9.94. The molecular weight excluding hydrogens is 416 g/mol. The molecule has 10 heteroatoms. The molecule has 1 saturated heterocycles. The maximum Gasteiger partial charge on any atom is 0.319 e. The van der Waals surface area contributed by atoms with Crippen LogP contribution in [0.1, 0.15) is 36.5 Å². The summed E-state index contributed by atoms with van der Waals surface area (Å²) < 4.78 is 17.0. The Balaban J connectivity index is 1.67. The molecule has 3 rings (SSSR count). The van der Waals surface area contributed by atoms with Crippen molar-refractivity contribution < 1.29 is 28.6 Å². The molecule has 0 unspecified atom stereocenters. The van der Waals surface area contributed by atoms with E-state index in [4.69, 9.17) is 14.2 Å². The number of nitrogens with zero attached hydrogens (tertiary/aromatic N) is 1. The van der Waals surface area contributed by atoms with Gasteiger partial charge in [-0.2, -0.15) is 0 Å². The van der Waals surface area contributed by atoms with E-state index in [1.165, 1.54) is 0 Å². The molecule has 2 aliphatic heterocycles. The molecule has 4 amide bonds. The Morgan fingerprint density at radius 1 is 1.25 bits per heavy atom. The van der Waals surface area contributed by atoms with Crippen LogP contribution in [-0.4, -0.2) is 81.5 Å². The van der Waals surface area contributed by atoms with E-state index in [1.54, 1.807) is 37.3 Å². The molecule has 0 aromatic heterocycles. The Hall–Kier alpha value is -2.85. The zero-order valence-electron chi connectivity index (χ0n) is 18.8. The third-order valence-electron chi connectivity index (χ3n) is 5.65. The number of hydrogen-bond acceptors (Lipinski definition) is 6. The van der Waals surface area contributed by atoms with Crippen LogP contribution in [-0.2, 0) is 14.3 Å². The van der Waals surface area contributed by atoms with E-state index in [2.05, 4.69) is 16.0 Å². The highest BCUT2D eigenvalue weighted by molar-refractivity contribution is 5.99. The minimum atomic E-state index is -0.337. The molecule has 1 fully saturated rings. The van der Waals surface area contributed by atoms with Crippen LogP contribution < -0.4 is 20.7 Å². The normalized spacial score (nSPS) is 22.5. The second-order valence-electron chi connectivity index (χ2n) is 7.91. The summed E-state index contributed by atoms with van der Waals surface area (Å²) in [6.07, 6.45) is 1.07. The predicted molar refractivity (Wildman–Crippen MR) is 118 cm³/mol. The van der Waals surface area contributed by atoms with E-state index in [9.17, 15) is 14.4 Å². The second-order valence-corrected chi connectivity index (χ2v) is 7.91. The molecule has 10 nitrogen and oxygen atoms in total. The summed E-state index contributed by atoms with van der Waals surface area (Å²) in [6, 6.07) is 4.49. The van der Waals surface area contributed by atoms with Crippen LogP contribution in [0.25, 0.3) is 0 Å². The van der Waals surface area contributed by atoms with Crippen LogP contribution in [0.2, 0.25) is 0 Å². The van der Waals surface area contributed by atoms with E-state index in [1.807, 2.05) is 6.92 Å². The Morgan fingerprint density at radius 2 is 2.06 bits per heavy atom. The largest absolute Gasteiger partial charge is 0.490 e. The molecule has 1 aromatic carbocycles. The number of methoxy groups -OCH3 is 1. The lowest BCUT2D eigenvalue weighted by Gasteiger charge is -2.42. The van der Waals surface area contributed by atoms with E-state index >= 15 is 0 Å². The summed E-state index contributed by atoms with van der Waals surface area (Å²) in [6.45, 7) is 3.51. The molecule has 0 spiro atoms. The molecule has 0 bridgehead atoms. The number of urea groups is 1. The van der Waals surface area contributed by atoms with Crippen LogP contribution in [0, 0.1) is 0 Å². The molecule has 2 heterocycles. The number of nitrogens with one attached hydrogen (secondary N) is 3. The summed E-state index contributed by atoms with van der Waals surface area (Å²) in [7, 11) is 3.34. The van der Waals surface area contributed by atoms with E-state index in [0.717, 1.165) is 0 Å². The van der Waals surface area contributed by atoms with Gasteiger partial charge < -0.3 is 35.1 Å². The molecule has 2 aliphatic rings. The number of likely N-dealkylation sites (N-methyl/N-ethyl adjacent to an activating group) is 1. The van der Waals surface area contributed by atoms with Gasteiger partial charge in [0.05, 0.1) is 30.7 Å². The number of carbonyl (C=O) groups is 3. The summed E-state index contributed by atoms with van der Waals surface area (Å²) in [5, 5.41) is 8.18. The summed E-state index contributed by atoms with van der Waals surface area (Å²) in [4.78, 5) is 38.8. The first-order chi connectivity index (χ1) is 15.4. The van der Waals surface area contributed by atoms with Crippen molar-refractivity contribution in [1.82, 2.24) is 15.5 Å². The number of ether oxygens (including phenoxy) is 3. The molecule has 0 radical (unpaired) electrons. The molecule has 0 saturated carbocycles. The SMILES string of the molecule is CCNC(=O)Nc1ccc2c(c1)C(=O)N(C)[C@H]1CC[C@H](CC(=O)NCCOC)O[C@@H]1CO2. The molecule has 1 aromatic rings. The van der Waals surface area contributed by atoms with Gasteiger partial charge in [-0.25, -0.2) is 4.79 Å². The van der Waals surface area contributed by atoms with Crippen LogP contribution in [0.3, 0.4) is 0 Å². The fourth-order valence-corrected chi connectivity index (χ4v) is 4.01. The second kappa shape index (κ2) is 11.1. The van der Waals surface area contributed by atoms with Crippen molar-refractivity contribution in [2.24, 2.45) is 0 Å². The number of fused-ring (bicyclic) bond motifs is 2. The van der Waals surface area contributed by atoms with Gasteiger partial charge in [-0.05, 0) is 38.0 Å². The zero-order valence-corrected chi connectivity index (χ0v) is 18.8. The fraction of sp³-hybridized carbons (Fsp3) is 0.591. The van der Waals surface area contributed by atoms with Gasteiger partial charge in [-0.3, -0.25) is 9.59 Å². The lowest BCUT2D eigenvalue weighted by Crippen LogP contribution is -2.54. The number of hydrogen-bond donors (Lipinski definition) is 3. The number of rotatable bonds is 7. The van der Waals surface area contributed by atoms with Gasteiger partial charge in [0.1, 0.15) is 18.5 Å². The smallest absolute Gasteiger partial charge is 0.319 e. The highest BCUT2D eigenvalue weighted by atomic mass is 16.5. The minimum Gasteiger partial charge on any atom is -0.490 e. The van der Waals surface area contributed by atoms with E-state index in [-0.39, 0.29) is 49.1 Å². The van der Waals surface area contributed by atoms with Crippen molar-refractivity contribution in [2.75, 3.05) is 45.8 Å². The Kier molecular flexibility index (Phi) is 8.29. The van der Waals surface area contributed by atoms with Gasteiger partial charge >= 0.3 is 6.03 Å². The maximum absolute atomic E-state index is 13.2. The summed E-state index contributed by atoms with van der Waals surface area (Å²) >= 11 is 0. The lowest BCUT2D eigenvalue weighted by molar-refractivity contribution is -0.134. The zero-order chi connectivity index (χ0) is 23.1. The third kappa shape index (κ3) is 5.89. The average molecular weight is 449 g/mol. The maximum atomic E-state index is 13.2. The molecule has 3 N–H and O–H groups in total. The molecule has 176 valence electrons. The Bertz CT molecular complexity index is 833. The van der Waals surface area contributed by atoms with Crippen LogP contribution in [0.4, 0.5) is 10.5 Å². The molecule has 0 aliphatic carbocycles. The monoisotopic (exact) mass is 448 g/mol. The average Bonchev–Trinajstić information content (AvgIpc) is 2.77. The van der Waals surface area contributed by atoms with Crippen molar-refractivity contribution >= 4 is 23.5 Å². The first-order valence-electron chi connectivity index (χ1n) is 10.9. The van der Waals surface area contributed by atoms with Gasteiger partial charge in [0.15, 0.2) is 0 Å². The molecule has 3 atom stereocenters. The third-order valence-corrected chi connectivity index (χ3v) is 5.65. The van der Waals surface area contributed by atoms with Gasteiger partial charge in [-0.1, -0.05) is 0 Å². The van der Waals surface area contributed by atoms with Crippen LogP contribution >= 0.6 is 0 Å². The molecular formula is C22H32N4O6. The predicted octanol–water partition coefficient (Wildman–Crippen LogP) is 1.36. The Labute approximate surface area is 187 Å². The van der Waals surface area contributed by atoms with Crippen molar-refractivity contribution in [2.45, 2.75) is 44.4 Å². The summed E-state index contributed by atoms with van der Waals surface area (Å²) in [5.74, 6) is 0.151. The van der Waals surface area contributed by atoms with Crippen LogP contribution in [0.5, 0.6) is 5.75 Å². The van der Waals surface area contributed by atoms with Crippen molar-refractivity contribution in [1.29, 1.82) is 0 Å². The number of anilines is 1. The molecule has 32 heavy (non-hydrogen) atoms. The number of benzene rings is 1. The van der Waals surface area contributed by atoms with Gasteiger partial charge in [0.2, 0.25) is 5.91 Å². The fourth-order valence-electron chi connectivity index (χ4n) is 4.01. The Morgan fingerprint density at radius 3 is 2.81 bits per heavy atom. The van der Waals surface area contributed by atoms with Crippen molar-refractivity contribution in [3.8, 4) is 5.75 Å². The number of carbonyl (C=O) groups excluding carboxylic acids is 3. The van der Waals surface area contributed by atoms with Crippen LogP contribution in [0.15, 0.2) is 18.2 Å². The first-order valence-corrected chi connectivity index (χ1v) is 10.9. The topological polar surface area (TPSA) is 118 Å².